The van der Waals surface area contributed by atoms with Gasteiger partial charge in [0.1, 0.15) is 18.1 Å². The summed E-state index contributed by atoms with van der Waals surface area (Å²) in [4.78, 5) is 26.1. The number of hydrogen-bond donors (Lipinski definition) is 2. The van der Waals surface area contributed by atoms with Gasteiger partial charge in [0.2, 0.25) is 0 Å². The van der Waals surface area contributed by atoms with E-state index in [1.165, 1.54) is 63.0 Å². The number of nitrogens with one attached hydrogen (secondary N) is 2. The van der Waals surface area contributed by atoms with Crippen LogP contribution in [0.1, 0.15) is 55.8 Å². The highest BCUT2D eigenvalue weighted by Crippen LogP contribution is 2.28. The Kier molecular flexibility index (Phi) is 10.6. The van der Waals surface area contributed by atoms with Crippen molar-refractivity contribution in [2.24, 2.45) is 0 Å². The number of thiophene rings is 1. The Morgan fingerprint density at radius 2 is 1.81 bits per heavy atom. The Bertz CT molecular complexity index is 976. The van der Waals surface area contributed by atoms with E-state index in [-0.39, 0.29) is 5.91 Å². The maximum atomic E-state index is 12.3. The monoisotopic (exact) mass is 511 g/mol. The number of carbonyl (C=O) groups excluding carboxylic acids is 2. The van der Waals surface area contributed by atoms with E-state index in [1.54, 1.807) is 23.8 Å². The summed E-state index contributed by atoms with van der Waals surface area (Å²) in [5.41, 5.74) is 1.69. The summed E-state index contributed by atoms with van der Waals surface area (Å²) in [5, 5.41) is 11.8. The zero-order valence-corrected chi connectivity index (χ0v) is 20.1. The van der Waals surface area contributed by atoms with Crippen molar-refractivity contribution in [2.75, 3.05) is 24.4 Å². The lowest BCUT2D eigenvalue weighted by atomic mass is 10.0. The van der Waals surface area contributed by atoms with Gasteiger partial charge in [-0.15, -0.1) is 11.3 Å². The predicted octanol–water partition coefficient (Wildman–Crippen LogP) is 5.73. The summed E-state index contributed by atoms with van der Waals surface area (Å²) < 4.78 is 13.2. The summed E-state index contributed by atoms with van der Waals surface area (Å²) in [6.45, 7) is 0.375. The molecule has 10 heteroatoms. The van der Waals surface area contributed by atoms with Crippen LogP contribution >= 0.6 is 27.3 Å². The molecule has 0 atom stereocenters. The molecule has 3 aromatic rings. The normalized spacial score (nSPS) is 12.8. The lowest BCUT2D eigenvalue weighted by molar-refractivity contribution is -0.117. The molecule has 2 N–H and O–H groups in total. The average Bonchev–Trinajstić information content (AvgIpc) is 3.41. The third-order valence-corrected chi connectivity index (χ3v) is 6.11. The van der Waals surface area contributed by atoms with E-state index in [9.17, 15) is 14.0 Å². The maximum Gasteiger partial charge on any atom is 0.261 e. The second-order valence-corrected chi connectivity index (χ2v) is 9.14. The molecule has 31 heavy (non-hydrogen) atoms. The number of alkyl halides is 1. The third kappa shape index (κ3) is 8.02. The number of halogens is 2. The summed E-state index contributed by atoms with van der Waals surface area (Å²) in [7, 11) is 1.78. The zero-order chi connectivity index (χ0) is 22.6. The highest BCUT2D eigenvalue weighted by molar-refractivity contribution is 9.11. The number of hydrogen-bond acceptors (Lipinski definition) is 6. The molecule has 0 aliphatic heterocycles. The number of amides is 1. The number of fused-ring (bicyclic) bond motifs is 1. The van der Waals surface area contributed by atoms with Crippen LogP contribution in [0.5, 0.6) is 0 Å². The largest absolute Gasteiger partial charge is 0.373 e. The summed E-state index contributed by atoms with van der Waals surface area (Å²) in [5.74, 6) is 0.0358. The highest BCUT2D eigenvalue weighted by Gasteiger charge is 2.16. The SMILES string of the molecule is C1CCCCC1.CC(=O)CF.CNc1ccn2ncc(C(=O)Nc3ccsc3Br)c2n1. The van der Waals surface area contributed by atoms with E-state index < -0.39 is 12.5 Å². The summed E-state index contributed by atoms with van der Waals surface area (Å²) in [6.07, 6.45) is 12.3. The molecule has 1 aliphatic carbocycles. The summed E-state index contributed by atoms with van der Waals surface area (Å²) >= 11 is 4.90. The number of Topliss-reactive ketones (excluding diaryl/α,β-unsaturated/α-hetero) is 1. The average molecular weight is 512 g/mol. The van der Waals surface area contributed by atoms with Crippen LogP contribution in [-0.2, 0) is 4.79 Å². The Morgan fingerprint density at radius 1 is 1.19 bits per heavy atom. The molecule has 0 unspecified atom stereocenters. The van der Waals surface area contributed by atoms with Gasteiger partial charge in [-0.2, -0.15) is 5.10 Å². The zero-order valence-electron chi connectivity index (χ0n) is 17.7. The van der Waals surface area contributed by atoms with Crippen LogP contribution < -0.4 is 10.6 Å². The minimum atomic E-state index is -0.833. The first-order valence-electron chi connectivity index (χ1n) is 10.1. The van der Waals surface area contributed by atoms with Gasteiger partial charge >= 0.3 is 0 Å². The smallest absolute Gasteiger partial charge is 0.261 e. The predicted molar refractivity (Wildman–Crippen MR) is 127 cm³/mol. The summed E-state index contributed by atoms with van der Waals surface area (Å²) in [6, 6.07) is 3.63. The fourth-order valence-electron chi connectivity index (χ4n) is 2.80. The molecule has 168 valence electrons. The quantitative estimate of drug-likeness (QED) is 0.466. The number of aromatic nitrogens is 3. The van der Waals surface area contributed by atoms with Gasteiger partial charge in [-0.25, -0.2) is 13.9 Å². The molecule has 1 saturated carbocycles. The lowest BCUT2D eigenvalue weighted by Crippen LogP contribution is -2.12. The van der Waals surface area contributed by atoms with Gasteiger partial charge in [-0.3, -0.25) is 9.59 Å². The van der Waals surface area contributed by atoms with Crippen LogP contribution in [0.4, 0.5) is 15.9 Å². The first-order chi connectivity index (χ1) is 15.0. The van der Waals surface area contributed by atoms with Crippen molar-refractivity contribution >= 4 is 56.1 Å². The molecule has 3 heterocycles. The van der Waals surface area contributed by atoms with Crippen molar-refractivity contribution in [2.45, 2.75) is 45.4 Å². The molecule has 0 radical (unpaired) electrons. The maximum absolute atomic E-state index is 12.3. The minimum Gasteiger partial charge on any atom is -0.373 e. The molecule has 7 nitrogen and oxygen atoms in total. The van der Waals surface area contributed by atoms with Gasteiger partial charge in [0, 0.05) is 13.2 Å². The fourth-order valence-corrected chi connectivity index (χ4v) is 3.92. The van der Waals surface area contributed by atoms with E-state index >= 15 is 0 Å². The number of ketones is 1. The van der Waals surface area contributed by atoms with Crippen LogP contribution in [0.2, 0.25) is 0 Å². The molecule has 0 saturated heterocycles. The molecule has 0 bridgehead atoms. The molecule has 1 aliphatic rings. The molecule has 3 aromatic heterocycles. The van der Waals surface area contributed by atoms with Crippen molar-refractivity contribution in [3.8, 4) is 0 Å². The van der Waals surface area contributed by atoms with E-state index in [4.69, 9.17) is 0 Å². The minimum absolute atomic E-state index is 0.236. The van der Waals surface area contributed by atoms with Crippen molar-refractivity contribution < 1.29 is 14.0 Å². The van der Waals surface area contributed by atoms with Crippen molar-refractivity contribution in [3.05, 3.63) is 39.3 Å². The van der Waals surface area contributed by atoms with E-state index in [2.05, 4.69) is 36.6 Å². The van der Waals surface area contributed by atoms with E-state index in [1.807, 2.05) is 11.4 Å². The van der Waals surface area contributed by atoms with Gasteiger partial charge in [-0.05, 0) is 40.4 Å². The van der Waals surface area contributed by atoms with E-state index in [0.29, 0.717) is 17.0 Å². The number of nitrogens with zero attached hydrogens (tertiary/aromatic N) is 3. The van der Waals surface area contributed by atoms with Crippen molar-refractivity contribution in [1.82, 2.24) is 14.6 Å². The molecule has 4 rings (SSSR count). The first kappa shape index (κ1) is 24.9. The molecule has 0 spiro atoms. The standard InChI is InChI=1S/C12H10BrN5OS.C6H12.C3H5FO/c1-14-9-2-4-18-11(17-9)7(6-15-18)12(19)16-8-3-5-20-10(8)13;1-2-4-6-5-3-1;1-3(5)2-4/h2-6H,1H3,(H,14,17)(H,16,19);1-6H2;2H2,1H3. The Hall–Kier alpha value is -2.33. The van der Waals surface area contributed by atoms with Gasteiger partial charge < -0.3 is 10.6 Å². The number of rotatable bonds is 4. The molecular formula is C21H27BrFN5O2S. The first-order valence-corrected chi connectivity index (χ1v) is 11.8. The van der Waals surface area contributed by atoms with Crippen LogP contribution in [0.15, 0.2) is 33.7 Å². The van der Waals surface area contributed by atoms with Crippen LogP contribution in [0, 0.1) is 0 Å². The molecule has 1 fully saturated rings. The van der Waals surface area contributed by atoms with Gasteiger partial charge in [0.05, 0.1) is 15.7 Å². The van der Waals surface area contributed by atoms with Crippen molar-refractivity contribution in [1.29, 1.82) is 0 Å². The highest BCUT2D eigenvalue weighted by atomic mass is 79.9. The number of carbonyl (C=O) groups is 2. The molecular weight excluding hydrogens is 485 g/mol. The molecule has 0 aromatic carbocycles. The number of anilines is 2. The second-order valence-electron chi connectivity index (χ2n) is 6.91. The van der Waals surface area contributed by atoms with Gasteiger partial charge in [0.25, 0.3) is 5.91 Å². The Labute approximate surface area is 193 Å². The molecule has 1 amide bonds. The second kappa shape index (κ2) is 13.2. The van der Waals surface area contributed by atoms with Crippen LogP contribution in [-0.4, -0.2) is 40.0 Å². The van der Waals surface area contributed by atoms with Gasteiger partial charge in [-0.1, -0.05) is 38.5 Å². The van der Waals surface area contributed by atoms with E-state index in [0.717, 1.165) is 9.47 Å². The topological polar surface area (TPSA) is 88.4 Å². The lowest BCUT2D eigenvalue weighted by Gasteiger charge is -2.05. The third-order valence-electron chi connectivity index (χ3n) is 4.42. The fraction of sp³-hybridized carbons (Fsp3) is 0.429. The van der Waals surface area contributed by atoms with Crippen molar-refractivity contribution in [3.63, 3.8) is 0 Å². The van der Waals surface area contributed by atoms with Crippen LogP contribution in [0.3, 0.4) is 0 Å². The van der Waals surface area contributed by atoms with Gasteiger partial charge in [0.15, 0.2) is 11.4 Å². The Balaban J connectivity index is 0.000000255. The van der Waals surface area contributed by atoms with Crippen LogP contribution in [0.25, 0.3) is 5.65 Å². The Morgan fingerprint density at radius 3 is 2.29 bits per heavy atom.